The molecule has 3 nitrogen and oxygen atoms in total. The molecule has 1 rings (SSSR count). The predicted molar refractivity (Wildman–Crippen MR) is 47.6 cm³/mol. The summed E-state index contributed by atoms with van der Waals surface area (Å²) in [6.07, 6.45) is 0.523. The van der Waals surface area contributed by atoms with Crippen molar-refractivity contribution in [1.29, 1.82) is 0 Å². The highest BCUT2D eigenvalue weighted by Gasteiger charge is 2.14. The van der Waals surface area contributed by atoms with Crippen LogP contribution in [0, 0.1) is 0 Å². The molecule has 0 aromatic carbocycles. The van der Waals surface area contributed by atoms with Crippen molar-refractivity contribution in [1.82, 2.24) is 15.5 Å². The number of hydrogen-bond acceptors (Lipinski definition) is 3. The van der Waals surface area contributed by atoms with E-state index in [2.05, 4.69) is 29.4 Å². The molecule has 1 fully saturated rings. The molecule has 1 aliphatic heterocycles. The number of nitrogens with zero attached hydrogens (tertiary/aromatic N) is 1. The zero-order valence-corrected chi connectivity index (χ0v) is 7.56. The summed E-state index contributed by atoms with van der Waals surface area (Å²) < 4.78 is 0. The topological polar surface area (TPSA) is 27.3 Å². The van der Waals surface area contributed by atoms with E-state index in [1.54, 1.807) is 0 Å². The average molecular weight is 157 g/mol. The van der Waals surface area contributed by atoms with E-state index in [1.165, 1.54) is 0 Å². The van der Waals surface area contributed by atoms with Gasteiger partial charge < -0.3 is 4.90 Å². The van der Waals surface area contributed by atoms with Crippen LogP contribution in [0.15, 0.2) is 0 Å². The summed E-state index contributed by atoms with van der Waals surface area (Å²) in [7, 11) is 0. The van der Waals surface area contributed by atoms with Crippen LogP contribution in [0.4, 0.5) is 0 Å². The minimum Gasteiger partial charge on any atom is -0.301 e. The summed E-state index contributed by atoms with van der Waals surface area (Å²) in [5, 5.41) is 6.81. The molecule has 0 aromatic rings. The Morgan fingerprint density at radius 3 is 2.18 bits per heavy atom. The molecule has 0 atom stereocenters. The summed E-state index contributed by atoms with van der Waals surface area (Å²) in [6, 6.07) is 0. The Labute approximate surface area is 69.1 Å². The van der Waals surface area contributed by atoms with Crippen molar-refractivity contribution >= 4 is 0 Å². The third-order valence-corrected chi connectivity index (χ3v) is 2.24. The second-order valence-electron chi connectivity index (χ2n) is 2.95. The van der Waals surface area contributed by atoms with E-state index in [9.17, 15) is 0 Å². The van der Waals surface area contributed by atoms with E-state index in [-0.39, 0.29) is 0 Å². The van der Waals surface area contributed by atoms with Gasteiger partial charge in [0.2, 0.25) is 0 Å². The fourth-order valence-corrected chi connectivity index (χ4v) is 1.43. The molecule has 2 N–H and O–H groups in total. The third-order valence-electron chi connectivity index (χ3n) is 2.24. The maximum atomic E-state index is 3.40. The second kappa shape index (κ2) is 4.70. The fourth-order valence-electron chi connectivity index (χ4n) is 1.43. The van der Waals surface area contributed by atoms with Crippen molar-refractivity contribution in [3.63, 3.8) is 0 Å². The van der Waals surface area contributed by atoms with E-state index in [0.29, 0.717) is 6.17 Å². The molecule has 66 valence electrons. The number of likely N-dealkylation sites (N-methyl/N-ethyl adjacent to an activating group) is 1. The highest BCUT2D eigenvalue weighted by atomic mass is 15.2. The van der Waals surface area contributed by atoms with Gasteiger partial charge in [0.1, 0.15) is 0 Å². The van der Waals surface area contributed by atoms with E-state index in [0.717, 1.165) is 32.7 Å². The first-order chi connectivity index (χ1) is 5.36. The van der Waals surface area contributed by atoms with Crippen LogP contribution >= 0.6 is 0 Å². The Hall–Kier alpha value is -0.120. The fraction of sp³-hybridized carbons (Fsp3) is 1.00. The molecule has 0 spiro atoms. The first kappa shape index (κ1) is 8.97. The van der Waals surface area contributed by atoms with Crippen LogP contribution < -0.4 is 10.6 Å². The molecule has 0 radical (unpaired) electrons. The molecule has 0 aromatic heterocycles. The van der Waals surface area contributed by atoms with Gasteiger partial charge in [-0.2, -0.15) is 0 Å². The van der Waals surface area contributed by atoms with Crippen LogP contribution in [0.2, 0.25) is 0 Å². The Bertz CT molecular complexity index is 95.5. The zero-order valence-electron chi connectivity index (χ0n) is 7.56. The lowest BCUT2D eigenvalue weighted by atomic mass is 10.4. The number of rotatable bonds is 4. The van der Waals surface area contributed by atoms with Gasteiger partial charge in [0.05, 0.1) is 6.17 Å². The first-order valence-corrected chi connectivity index (χ1v) is 4.56. The highest BCUT2D eigenvalue weighted by Crippen LogP contribution is 1.92. The molecule has 1 aliphatic rings. The van der Waals surface area contributed by atoms with Gasteiger partial charge in [-0.3, -0.25) is 10.6 Å². The van der Waals surface area contributed by atoms with Crippen molar-refractivity contribution in [2.24, 2.45) is 0 Å². The maximum Gasteiger partial charge on any atom is 0.0703 e. The Morgan fingerprint density at radius 1 is 1.18 bits per heavy atom. The molecule has 1 saturated heterocycles. The van der Waals surface area contributed by atoms with E-state index in [1.807, 2.05) is 0 Å². The van der Waals surface area contributed by atoms with E-state index >= 15 is 0 Å². The van der Waals surface area contributed by atoms with Gasteiger partial charge in [-0.1, -0.05) is 13.8 Å². The minimum absolute atomic E-state index is 0.523. The third kappa shape index (κ3) is 2.77. The molecule has 0 bridgehead atoms. The van der Waals surface area contributed by atoms with Crippen molar-refractivity contribution in [2.45, 2.75) is 20.0 Å². The molecule has 11 heavy (non-hydrogen) atoms. The summed E-state index contributed by atoms with van der Waals surface area (Å²) >= 11 is 0. The smallest absolute Gasteiger partial charge is 0.0703 e. The SMILES string of the molecule is CCN(CC)CC1NCCN1. The molecule has 3 heteroatoms. The lowest BCUT2D eigenvalue weighted by molar-refractivity contribution is 0.265. The van der Waals surface area contributed by atoms with Gasteiger partial charge >= 0.3 is 0 Å². The Kier molecular flexibility index (Phi) is 3.83. The molecular weight excluding hydrogens is 138 g/mol. The Balaban J connectivity index is 2.16. The maximum absolute atomic E-state index is 3.40. The van der Waals surface area contributed by atoms with Crippen molar-refractivity contribution in [2.75, 3.05) is 32.7 Å². The molecule has 0 amide bonds. The van der Waals surface area contributed by atoms with Crippen molar-refractivity contribution in [3.8, 4) is 0 Å². The van der Waals surface area contributed by atoms with Gasteiger partial charge in [0.15, 0.2) is 0 Å². The molecular formula is C8H19N3. The van der Waals surface area contributed by atoms with Crippen LogP contribution in [0.5, 0.6) is 0 Å². The molecule has 0 saturated carbocycles. The van der Waals surface area contributed by atoms with Crippen molar-refractivity contribution < 1.29 is 0 Å². The van der Waals surface area contributed by atoms with Gasteiger partial charge in [0.25, 0.3) is 0 Å². The highest BCUT2D eigenvalue weighted by molar-refractivity contribution is 4.75. The van der Waals surface area contributed by atoms with Crippen LogP contribution in [-0.2, 0) is 0 Å². The monoisotopic (exact) mass is 157 g/mol. The quantitative estimate of drug-likeness (QED) is 0.594. The number of hydrogen-bond donors (Lipinski definition) is 2. The normalized spacial score (nSPS) is 19.9. The summed E-state index contributed by atoms with van der Waals surface area (Å²) in [6.45, 7) is 10.1. The van der Waals surface area contributed by atoms with Crippen LogP contribution in [-0.4, -0.2) is 43.8 Å². The van der Waals surface area contributed by atoms with Gasteiger partial charge in [0, 0.05) is 19.6 Å². The van der Waals surface area contributed by atoms with Crippen LogP contribution in [0.25, 0.3) is 0 Å². The summed E-state index contributed by atoms with van der Waals surface area (Å²) in [4.78, 5) is 2.43. The molecule has 1 heterocycles. The lowest BCUT2D eigenvalue weighted by Gasteiger charge is -2.22. The number of nitrogens with one attached hydrogen (secondary N) is 2. The van der Waals surface area contributed by atoms with Crippen LogP contribution in [0.1, 0.15) is 13.8 Å². The first-order valence-electron chi connectivity index (χ1n) is 4.56. The second-order valence-corrected chi connectivity index (χ2v) is 2.95. The van der Waals surface area contributed by atoms with E-state index in [4.69, 9.17) is 0 Å². The summed E-state index contributed by atoms with van der Waals surface area (Å²) in [5.74, 6) is 0. The average Bonchev–Trinajstić information content (AvgIpc) is 2.52. The lowest BCUT2D eigenvalue weighted by Crippen LogP contribution is -2.43. The van der Waals surface area contributed by atoms with Gasteiger partial charge in [-0.05, 0) is 13.1 Å². The largest absolute Gasteiger partial charge is 0.301 e. The Morgan fingerprint density at radius 2 is 1.73 bits per heavy atom. The van der Waals surface area contributed by atoms with Gasteiger partial charge in [-0.25, -0.2) is 0 Å². The van der Waals surface area contributed by atoms with Crippen molar-refractivity contribution in [3.05, 3.63) is 0 Å². The zero-order chi connectivity index (χ0) is 8.10. The van der Waals surface area contributed by atoms with E-state index < -0.39 is 0 Å². The standard InChI is InChI=1S/C8H19N3/c1-3-11(4-2)7-8-9-5-6-10-8/h8-10H,3-7H2,1-2H3. The van der Waals surface area contributed by atoms with Gasteiger partial charge in [-0.15, -0.1) is 0 Å². The minimum atomic E-state index is 0.523. The molecule has 0 unspecified atom stereocenters. The predicted octanol–water partition coefficient (Wildman–Crippen LogP) is -0.153. The summed E-state index contributed by atoms with van der Waals surface area (Å²) in [5.41, 5.74) is 0. The van der Waals surface area contributed by atoms with Crippen LogP contribution in [0.3, 0.4) is 0 Å². The molecule has 0 aliphatic carbocycles.